The molecule has 2 atom stereocenters. The van der Waals surface area contributed by atoms with Crippen molar-refractivity contribution in [3.63, 3.8) is 0 Å². The number of carbonyl (C=O) groups excluding carboxylic acids is 1. The molecular formula is C28H24BrFN4O2S. The quantitative estimate of drug-likeness (QED) is 0.242. The molecule has 1 fully saturated rings. The molecular weight excluding hydrogens is 555 g/mol. The zero-order chi connectivity index (χ0) is 25.9. The summed E-state index contributed by atoms with van der Waals surface area (Å²) >= 11 is 9.31. The van der Waals surface area contributed by atoms with Gasteiger partial charge in [0.25, 0.3) is 0 Å². The minimum atomic E-state index is -0.479. The third kappa shape index (κ3) is 5.42. The van der Waals surface area contributed by atoms with Gasteiger partial charge in [-0.1, -0.05) is 40.2 Å². The lowest BCUT2D eigenvalue weighted by Crippen LogP contribution is -2.32. The number of benzene rings is 2. The Labute approximate surface area is 228 Å². The Balaban J connectivity index is 1.42. The summed E-state index contributed by atoms with van der Waals surface area (Å²) in [4.78, 5) is 19.1. The predicted octanol–water partition coefficient (Wildman–Crippen LogP) is 6.55. The van der Waals surface area contributed by atoms with Crippen LogP contribution >= 0.6 is 28.1 Å². The van der Waals surface area contributed by atoms with Crippen molar-refractivity contribution in [1.82, 2.24) is 15.2 Å². The molecule has 6 nitrogen and oxygen atoms in total. The molecule has 0 saturated carbocycles. The van der Waals surface area contributed by atoms with E-state index in [2.05, 4.69) is 31.5 Å². The molecule has 4 aromatic rings. The highest BCUT2D eigenvalue weighted by atomic mass is 79.9. The van der Waals surface area contributed by atoms with Crippen LogP contribution in [0.5, 0.6) is 0 Å². The zero-order valence-corrected chi connectivity index (χ0v) is 22.4. The summed E-state index contributed by atoms with van der Waals surface area (Å²) in [7, 11) is 0. The molecule has 1 saturated heterocycles. The third-order valence-corrected chi connectivity index (χ3v) is 7.24. The van der Waals surface area contributed by atoms with Crippen molar-refractivity contribution in [3.05, 3.63) is 106 Å². The standard InChI is InChI=1S/C28H24BrFN4O2S/c1-17-9-10-18(19(29)16-17)23-11-12-24(36-23)27-26(22-8-4-5-14-31-22)33-28(37)34(27)15-13-25(35)32-21-7-3-2-6-20(21)30/h2-12,14,16,26-27H,13,15H2,1H3,(H,32,35)(H,33,37). The number of anilines is 1. The number of hydrogen-bond acceptors (Lipinski definition) is 4. The molecule has 0 aliphatic carbocycles. The van der Waals surface area contributed by atoms with Gasteiger partial charge in [-0.15, -0.1) is 0 Å². The maximum absolute atomic E-state index is 14.0. The largest absolute Gasteiger partial charge is 0.459 e. The van der Waals surface area contributed by atoms with Gasteiger partial charge in [0.2, 0.25) is 5.91 Å². The molecule has 9 heteroatoms. The van der Waals surface area contributed by atoms with Crippen LogP contribution in [0.4, 0.5) is 10.1 Å². The molecule has 2 N–H and O–H groups in total. The summed E-state index contributed by atoms with van der Waals surface area (Å²) in [6.45, 7) is 2.34. The first-order chi connectivity index (χ1) is 17.9. The monoisotopic (exact) mass is 578 g/mol. The van der Waals surface area contributed by atoms with Crippen LogP contribution in [0, 0.1) is 12.7 Å². The van der Waals surface area contributed by atoms with Gasteiger partial charge in [-0.05, 0) is 73.2 Å². The molecule has 0 bridgehead atoms. The van der Waals surface area contributed by atoms with Crippen molar-refractivity contribution in [1.29, 1.82) is 0 Å². The topological polar surface area (TPSA) is 70.4 Å². The number of nitrogens with zero attached hydrogens (tertiary/aromatic N) is 2. The highest BCUT2D eigenvalue weighted by molar-refractivity contribution is 9.10. The van der Waals surface area contributed by atoms with E-state index in [1.807, 2.05) is 60.4 Å². The van der Waals surface area contributed by atoms with E-state index in [1.54, 1.807) is 18.3 Å². The van der Waals surface area contributed by atoms with Crippen molar-refractivity contribution < 1.29 is 13.6 Å². The molecule has 2 aromatic heterocycles. The van der Waals surface area contributed by atoms with Crippen LogP contribution in [0.25, 0.3) is 11.3 Å². The van der Waals surface area contributed by atoms with Gasteiger partial charge in [-0.3, -0.25) is 9.78 Å². The van der Waals surface area contributed by atoms with E-state index in [-0.39, 0.29) is 30.1 Å². The number of aryl methyl sites for hydroxylation is 1. The van der Waals surface area contributed by atoms with Gasteiger partial charge in [-0.25, -0.2) is 4.39 Å². The fourth-order valence-corrected chi connectivity index (χ4v) is 5.45. The number of para-hydroxylation sites is 1. The lowest BCUT2D eigenvalue weighted by atomic mass is 10.0. The van der Waals surface area contributed by atoms with Gasteiger partial charge >= 0.3 is 0 Å². The Morgan fingerprint density at radius 3 is 2.73 bits per heavy atom. The number of aromatic nitrogens is 1. The molecule has 5 rings (SSSR count). The van der Waals surface area contributed by atoms with Crippen LogP contribution in [-0.4, -0.2) is 27.4 Å². The third-order valence-electron chi connectivity index (χ3n) is 6.23. The molecule has 3 heterocycles. The lowest BCUT2D eigenvalue weighted by Gasteiger charge is -2.25. The Bertz CT molecular complexity index is 1450. The van der Waals surface area contributed by atoms with Gasteiger partial charge < -0.3 is 20.0 Å². The summed E-state index contributed by atoms with van der Waals surface area (Å²) in [6.07, 6.45) is 1.84. The van der Waals surface area contributed by atoms with Crippen molar-refractivity contribution in [3.8, 4) is 11.3 Å². The second-order valence-corrected chi connectivity index (χ2v) is 10.0. The first-order valence-electron chi connectivity index (χ1n) is 11.8. The highest BCUT2D eigenvalue weighted by Gasteiger charge is 2.41. The van der Waals surface area contributed by atoms with E-state index in [4.69, 9.17) is 16.6 Å². The van der Waals surface area contributed by atoms with Crippen LogP contribution in [0.3, 0.4) is 0 Å². The number of hydrogen-bond donors (Lipinski definition) is 2. The van der Waals surface area contributed by atoms with Crippen molar-refractivity contribution in [2.45, 2.75) is 25.4 Å². The molecule has 0 radical (unpaired) electrons. The molecule has 1 amide bonds. The molecule has 188 valence electrons. The van der Waals surface area contributed by atoms with Crippen LogP contribution in [0.1, 0.15) is 35.5 Å². The molecule has 1 aliphatic rings. The first kappa shape index (κ1) is 25.1. The fourth-order valence-electron chi connectivity index (χ4n) is 4.43. The Morgan fingerprint density at radius 2 is 1.97 bits per heavy atom. The van der Waals surface area contributed by atoms with Gasteiger partial charge in [0.05, 0.1) is 17.4 Å². The van der Waals surface area contributed by atoms with Gasteiger partial charge in [0.1, 0.15) is 23.4 Å². The number of nitrogens with one attached hydrogen (secondary N) is 2. The molecule has 0 spiro atoms. The normalized spacial score (nSPS) is 17.1. The Hall–Kier alpha value is -3.56. The number of carbonyl (C=O) groups is 1. The average molecular weight is 579 g/mol. The van der Waals surface area contributed by atoms with Crippen molar-refractivity contribution in [2.24, 2.45) is 0 Å². The number of thiocarbonyl (C=S) groups is 1. The lowest BCUT2D eigenvalue weighted by molar-refractivity contribution is -0.116. The van der Waals surface area contributed by atoms with E-state index in [0.29, 0.717) is 17.4 Å². The van der Waals surface area contributed by atoms with Crippen LogP contribution in [-0.2, 0) is 4.79 Å². The molecule has 37 heavy (non-hydrogen) atoms. The average Bonchev–Trinajstić information content (AvgIpc) is 3.49. The van der Waals surface area contributed by atoms with Crippen molar-refractivity contribution in [2.75, 3.05) is 11.9 Å². The zero-order valence-electron chi connectivity index (χ0n) is 19.9. The number of pyridine rings is 1. The second kappa shape index (κ2) is 10.8. The van der Waals surface area contributed by atoms with Crippen LogP contribution < -0.4 is 10.6 Å². The van der Waals surface area contributed by atoms with Gasteiger partial charge in [0.15, 0.2) is 5.11 Å². The minimum Gasteiger partial charge on any atom is -0.459 e. The SMILES string of the molecule is Cc1ccc(-c2ccc(C3C(c4ccccn4)NC(=S)N3CCC(=O)Nc3ccccc3F)o2)c(Br)c1. The maximum Gasteiger partial charge on any atom is 0.226 e. The fraction of sp³-hybridized carbons (Fsp3) is 0.179. The number of furan rings is 1. The van der Waals surface area contributed by atoms with E-state index >= 15 is 0 Å². The van der Waals surface area contributed by atoms with Crippen LogP contribution in [0.2, 0.25) is 0 Å². The van der Waals surface area contributed by atoms with E-state index in [9.17, 15) is 9.18 Å². The Kier molecular flexibility index (Phi) is 7.34. The van der Waals surface area contributed by atoms with E-state index in [0.717, 1.165) is 27.1 Å². The first-order valence-corrected chi connectivity index (χ1v) is 13.0. The number of amides is 1. The summed E-state index contributed by atoms with van der Waals surface area (Å²) in [5, 5.41) is 6.49. The second-order valence-electron chi connectivity index (χ2n) is 8.78. The summed E-state index contributed by atoms with van der Waals surface area (Å²) in [6, 6.07) is 21.2. The summed E-state index contributed by atoms with van der Waals surface area (Å²) in [5.74, 6) is 0.626. The summed E-state index contributed by atoms with van der Waals surface area (Å²) < 4.78 is 21.3. The van der Waals surface area contributed by atoms with Gasteiger partial charge in [-0.2, -0.15) is 0 Å². The summed E-state index contributed by atoms with van der Waals surface area (Å²) in [5.41, 5.74) is 3.04. The van der Waals surface area contributed by atoms with Gasteiger partial charge in [0, 0.05) is 29.2 Å². The predicted molar refractivity (Wildman–Crippen MR) is 148 cm³/mol. The van der Waals surface area contributed by atoms with Crippen LogP contribution in [0.15, 0.2) is 87.9 Å². The maximum atomic E-state index is 14.0. The van der Waals surface area contributed by atoms with E-state index < -0.39 is 5.82 Å². The van der Waals surface area contributed by atoms with Crippen molar-refractivity contribution >= 4 is 44.9 Å². The highest BCUT2D eigenvalue weighted by Crippen LogP contribution is 2.41. The Morgan fingerprint density at radius 1 is 1.16 bits per heavy atom. The smallest absolute Gasteiger partial charge is 0.226 e. The van der Waals surface area contributed by atoms with E-state index in [1.165, 1.54) is 12.1 Å². The molecule has 1 aliphatic heterocycles. The molecule has 2 unspecified atom stereocenters. The number of halogens is 2. The molecule has 2 aromatic carbocycles. The number of rotatable bonds is 7. The minimum absolute atomic E-state index is 0.110.